The molecule has 5 heteroatoms. The minimum absolute atomic E-state index is 0.238. The van der Waals surface area contributed by atoms with Gasteiger partial charge >= 0.3 is 11.9 Å². The topological polar surface area (TPSA) is 52.6 Å². The Kier molecular flexibility index (Phi) is 5.24. The lowest BCUT2D eigenvalue weighted by atomic mass is 10.2. The van der Waals surface area contributed by atoms with Crippen molar-refractivity contribution < 1.29 is 19.1 Å². The SMILES string of the molecule is CC(=O)Oc1ccc(COC(=O)CI)cc1. The van der Waals surface area contributed by atoms with Crippen molar-refractivity contribution in [3.05, 3.63) is 29.8 Å². The van der Waals surface area contributed by atoms with E-state index in [2.05, 4.69) is 0 Å². The molecule has 0 unspecified atom stereocenters. The molecule has 0 aromatic heterocycles. The molecule has 0 saturated heterocycles. The van der Waals surface area contributed by atoms with E-state index in [4.69, 9.17) is 9.47 Å². The smallest absolute Gasteiger partial charge is 0.316 e. The number of halogens is 1. The lowest BCUT2D eigenvalue weighted by molar-refractivity contribution is -0.141. The van der Waals surface area contributed by atoms with Gasteiger partial charge in [-0.25, -0.2) is 0 Å². The minimum Gasteiger partial charge on any atom is -0.460 e. The second kappa shape index (κ2) is 6.47. The summed E-state index contributed by atoms with van der Waals surface area (Å²) in [4.78, 5) is 21.6. The molecule has 0 aliphatic carbocycles. The number of ether oxygens (including phenoxy) is 2. The van der Waals surface area contributed by atoms with E-state index >= 15 is 0 Å². The van der Waals surface area contributed by atoms with Crippen LogP contribution in [0.4, 0.5) is 0 Å². The number of alkyl halides is 1. The zero-order valence-corrected chi connectivity index (χ0v) is 10.9. The van der Waals surface area contributed by atoms with Gasteiger partial charge in [0.15, 0.2) is 0 Å². The van der Waals surface area contributed by atoms with Crippen LogP contribution < -0.4 is 4.74 Å². The summed E-state index contributed by atoms with van der Waals surface area (Å²) in [5.74, 6) is -0.120. The first kappa shape index (κ1) is 13.0. The van der Waals surface area contributed by atoms with Crippen molar-refractivity contribution in [1.82, 2.24) is 0 Å². The second-order valence-corrected chi connectivity index (χ2v) is 3.79. The van der Waals surface area contributed by atoms with Crippen molar-refractivity contribution in [2.45, 2.75) is 13.5 Å². The largest absolute Gasteiger partial charge is 0.460 e. The Hall–Kier alpha value is -1.11. The molecule has 0 saturated carbocycles. The van der Waals surface area contributed by atoms with Crippen LogP contribution in [0.15, 0.2) is 24.3 Å². The van der Waals surface area contributed by atoms with Crippen LogP contribution in [0.2, 0.25) is 0 Å². The summed E-state index contributed by atoms with van der Waals surface area (Å²) >= 11 is 1.94. The molecule has 0 spiro atoms. The maximum Gasteiger partial charge on any atom is 0.316 e. The molecule has 0 aliphatic heterocycles. The number of esters is 2. The summed E-state index contributed by atoms with van der Waals surface area (Å²) in [6.07, 6.45) is 0. The number of hydrogen-bond acceptors (Lipinski definition) is 4. The van der Waals surface area contributed by atoms with E-state index in [0.717, 1.165) is 5.56 Å². The fourth-order valence-electron chi connectivity index (χ4n) is 1.02. The van der Waals surface area contributed by atoms with E-state index in [1.807, 2.05) is 22.6 Å². The average Bonchev–Trinajstić information content (AvgIpc) is 2.27. The van der Waals surface area contributed by atoms with Gasteiger partial charge in [0.25, 0.3) is 0 Å². The maximum absolute atomic E-state index is 10.9. The Bertz CT molecular complexity index is 372. The average molecular weight is 334 g/mol. The number of carbonyl (C=O) groups is 2. The maximum atomic E-state index is 10.9. The summed E-state index contributed by atoms with van der Waals surface area (Å²) in [6, 6.07) is 6.82. The molecule has 1 aromatic rings. The molecule has 0 aliphatic rings. The van der Waals surface area contributed by atoms with Gasteiger partial charge in [-0.2, -0.15) is 0 Å². The van der Waals surface area contributed by atoms with E-state index in [1.165, 1.54) is 6.92 Å². The van der Waals surface area contributed by atoms with Crippen molar-refractivity contribution in [1.29, 1.82) is 0 Å². The summed E-state index contributed by atoms with van der Waals surface area (Å²) in [7, 11) is 0. The van der Waals surface area contributed by atoms with Crippen molar-refractivity contribution in [2.75, 3.05) is 4.43 Å². The molecule has 4 nitrogen and oxygen atoms in total. The van der Waals surface area contributed by atoms with Crippen LogP contribution in [0, 0.1) is 0 Å². The Morgan fingerprint density at radius 3 is 2.38 bits per heavy atom. The zero-order valence-electron chi connectivity index (χ0n) is 8.73. The van der Waals surface area contributed by atoms with Crippen molar-refractivity contribution >= 4 is 34.5 Å². The first-order chi connectivity index (χ1) is 7.61. The summed E-state index contributed by atoms with van der Waals surface area (Å²) in [6.45, 7) is 1.58. The summed E-state index contributed by atoms with van der Waals surface area (Å²) in [5.41, 5.74) is 0.856. The molecular formula is C11H11IO4. The normalized spacial score (nSPS) is 9.62. The van der Waals surface area contributed by atoms with Crippen LogP contribution >= 0.6 is 22.6 Å². The quantitative estimate of drug-likeness (QED) is 0.366. The lowest BCUT2D eigenvalue weighted by Gasteiger charge is -2.04. The second-order valence-electron chi connectivity index (χ2n) is 3.03. The highest BCUT2D eigenvalue weighted by atomic mass is 127. The van der Waals surface area contributed by atoms with Gasteiger partial charge in [-0.1, -0.05) is 34.7 Å². The molecule has 1 rings (SSSR count). The molecule has 0 heterocycles. The summed E-state index contributed by atoms with van der Waals surface area (Å²) < 4.78 is 10.1. The third kappa shape index (κ3) is 4.61. The molecule has 0 bridgehead atoms. The van der Waals surface area contributed by atoms with E-state index in [9.17, 15) is 9.59 Å². The Labute approximate surface area is 107 Å². The first-order valence-electron chi connectivity index (χ1n) is 4.61. The van der Waals surface area contributed by atoms with Crippen molar-refractivity contribution in [3.8, 4) is 5.75 Å². The van der Waals surface area contributed by atoms with Crippen molar-refractivity contribution in [2.24, 2.45) is 0 Å². The molecule has 0 N–H and O–H groups in total. The zero-order chi connectivity index (χ0) is 12.0. The molecule has 0 fully saturated rings. The molecule has 0 amide bonds. The monoisotopic (exact) mass is 334 g/mol. The van der Waals surface area contributed by atoms with Gasteiger partial charge in [-0.05, 0) is 17.7 Å². The van der Waals surface area contributed by atoms with E-state index in [-0.39, 0.29) is 18.5 Å². The van der Waals surface area contributed by atoms with Crippen LogP contribution in [0.3, 0.4) is 0 Å². The third-order valence-electron chi connectivity index (χ3n) is 1.69. The molecule has 16 heavy (non-hydrogen) atoms. The number of benzene rings is 1. The number of rotatable bonds is 4. The van der Waals surface area contributed by atoms with Crippen LogP contribution in [0.25, 0.3) is 0 Å². The fraction of sp³-hybridized carbons (Fsp3) is 0.273. The predicted octanol–water partition coefficient (Wildman–Crippen LogP) is 2.09. The fourth-order valence-corrected chi connectivity index (χ4v) is 1.24. The van der Waals surface area contributed by atoms with Gasteiger partial charge in [0.05, 0.1) is 4.43 Å². The Morgan fingerprint density at radius 1 is 1.25 bits per heavy atom. The van der Waals surface area contributed by atoms with Gasteiger partial charge < -0.3 is 9.47 Å². The predicted molar refractivity (Wildman–Crippen MR) is 66.4 cm³/mol. The minimum atomic E-state index is -0.357. The van der Waals surface area contributed by atoms with E-state index in [0.29, 0.717) is 10.2 Å². The van der Waals surface area contributed by atoms with Gasteiger partial charge in [0.2, 0.25) is 0 Å². The van der Waals surface area contributed by atoms with Crippen LogP contribution in [0.5, 0.6) is 5.75 Å². The van der Waals surface area contributed by atoms with Gasteiger partial charge in [-0.3, -0.25) is 9.59 Å². The number of hydrogen-bond donors (Lipinski definition) is 0. The van der Waals surface area contributed by atoms with Gasteiger partial charge in [0.1, 0.15) is 12.4 Å². The van der Waals surface area contributed by atoms with Crippen LogP contribution in [-0.2, 0) is 20.9 Å². The van der Waals surface area contributed by atoms with E-state index < -0.39 is 0 Å². The van der Waals surface area contributed by atoms with Crippen LogP contribution in [0.1, 0.15) is 12.5 Å². The molecule has 86 valence electrons. The lowest BCUT2D eigenvalue weighted by Crippen LogP contribution is -2.05. The van der Waals surface area contributed by atoms with Crippen LogP contribution in [-0.4, -0.2) is 16.4 Å². The van der Waals surface area contributed by atoms with E-state index in [1.54, 1.807) is 24.3 Å². The first-order valence-corrected chi connectivity index (χ1v) is 6.13. The van der Waals surface area contributed by atoms with Gasteiger partial charge in [0, 0.05) is 6.92 Å². The Morgan fingerprint density at radius 2 is 1.88 bits per heavy atom. The standard InChI is InChI=1S/C11H11IO4/c1-8(13)16-10-4-2-9(3-5-10)7-15-11(14)6-12/h2-5H,6-7H2,1H3. The summed E-state index contributed by atoms with van der Waals surface area (Å²) in [5, 5.41) is 0. The van der Waals surface area contributed by atoms with Gasteiger partial charge in [-0.15, -0.1) is 0 Å². The Balaban J connectivity index is 2.51. The highest BCUT2D eigenvalue weighted by Gasteiger charge is 2.01. The highest BCUT2D eigenvalue weighted by Crippen LogP contribution is 2.13. The number of carbonyl (C=O) groups excluding carboxylic acids is 2. The molecule has 0 atom stereocenters. The molecule has 0 radical (unpaired) electrons. The highest BCUT2D eigenvalue weighted by molar-refractivity contribution is 14.1. The molecule has 1 aromatic carbocycles. The molecular weight excluding hydrogens is 323 g/mol. The van der Waals surface area contributed by atoms with Crippen molar-refractivity contribution in [3.63, 3.8) is 0 Å². The third-order valence-corrected chi connectivity index (χ3v) is 2.32.